The second-order valence-electron chi connectivity index (χ2n) is 4.05. The molecule has 0 saturated heterocycles. The third kappa shape index (κ3) is 5.00. The van der Waals surface area contributed by atoms with Gasteiger partial charge < -0.3 is 15.2 Å². The summed E-state index contributed by atoms with van der Waals surface area (Å²) in [5.74, 6) is -2.69. The van der Waals surface area contributed by atoms with Gasteiger partial charge in [0.05, 0.1) is 22.1 Å². The highest BCUT2D eigenvalue weighted by atomic mass is 35.5. The third-order valence-corrected chi connectivity index (χ3v) is 4.41. The van der Waals surface area contributed by atoms with E-state index in [-0.39, 0.29) is 28.6 Å². The number of hydrogen-bond acceptors (Lipinski definition) is 5. The number of halogens is 1. The number of rotatable bonds is 7. The van der Waals surface area contributed by atoms with Crippen molar-refractivity contribution in [2.75, 3.05) is 26.0 Å². The van der Waals surface area contributed by atoms with E-state index in [4.69, 9.17) is 21.4 Å². The summed E-state index contributed by atoms with van der Waals surface area (Å²) in [6, 6.07) is 3.20. The zero-order valence-electron chi connectivity index (χ0n) is 11.1. The summed E-state index contributed by atoms with van der Waals surface area (Å²) in [6.45, 7) is 0.467. The van der Waals surface area contributed by atoms with E-state index in [1.54, 1.807) is 0 Å². The monoisotopic (exact) mass is 335 g/mol. The Balaban J connectivity index is 2.86. The zero-order valence-corrected chi connectivity index (χ0v) is 12.7. The Hall–Kier alpha value is -1.64. The Morgan fingerprint density at radius 3 is 2.57 bits per heavy atom. The standard InChI is InChI=1S/C12H14ClNO6S/c1-20-5-4-14-11(15)7-21(18,19)8-2-3-9(12(16)17)10(13)6-8/h2-3,6H,4-5,7H2,1H3,(H,14,15)(H,16,17). The Morgan fingerprint density at radius 1 is 1.38 bits per heavy atom. The van der Waals surface area contributed by atoms with Crippen LogP contribution in [-0.2, 0) is 19.4 Å². The van der Waals surface area contributed by atoms with Crippen LogP contribution in [0, 0.1) is 0 Å². The molecule has 0 heterocycles. The van der Waals surface area contributed by atoms with Crippen LogP contribution in [0.4, 0.5) is 0 Å². The molecule has 0 unspecified atom stereocenters. The number of carbonyl (C=O) groups is 2. The van der Waals surface area contributed by atoms with Crippen molar-refractivity contribution in [1.82, 2.24) is 5.32 Å². The van der Waals surface area contributed by atoms with Crippen LogP contribution in [0.1, 0.15) is 10.4 Å². The van der Waals surface area contributed by atoms with E-state index >= 15 is 0 Å². The molecular formula is C12H14ClNO6S. The number of nitrogens with one attached hydrogen (secondary N) is 1. The molecule has 9 heteroatoms. The van der Waals surface area contributed by atoms with Crippen LogP contribution in [0.25, 0.3) is 0 Å². The number of carbonyl (C=O) groups excluding carboxylic acids is 1. The summed E-state index contributed by atoms with van der Waals surface area (Å²) in [6.07, 6.45) is 0. The summed E-state index contributed by atoms with van der Waals surface area (Å²) < 4.78 is 28.7. The molecule has 1 aromatic carbocycles. The Morgan fingerprint density at radius 2 is 2.05 bits per heavy atom. The molecule has 0 aliphatic carbocycles. The molecule has 116 valence electrons. The second-order valence-corrected chi connectivity index (χ2v) is 6.45. The normalized spacial score (nSPS) is 11.1. The summed E-state index contributed by atoms with van der Waals surface area (Å²) in [5.41, 5.74) is -0.208. The largest absolute Gasteiger partial charge is 0.478 e. The van der Waals surface area contributed by atoms with E-state index in [1.807, 2.05) is 0 Å². The van der Waals surface area contributed by atoms with Gasteiger partial charge in [-0.3, -0.25) is 4.79 Å². The molecular weight excluding hydrogens is 322 g/mol. The van der Waals surface area contributed by atoms with Gasteiger partial charge in [-0.05, 0) is 18.2 Å². The molecule has 1 aromatic rings. The lowest BCUT2D eigenvalue weighted by Crippen LogP contribution is -2.32. The molecule has 1 rings (SSSR count). The lowest BCUT2D eigenvalue weighted by atomic mass is 10.2. The van der Waals surface area contributed by atoms with Gasteiger partial charge in [-0.1, -0.05) is 11.6 Å². The minimum atomic E-state index is -3.89. The quantitative estimate of drug-likeness (QED) is 0.705. The van der Waals surface area contributed by atoms with Crippen molar-refractivity contribution < 1.29 is 27.9 Å². The number of sulfone groups is 1. The highest BCUT2D eigenvalue weighted by Gasteiger charge is 2.21. The van der Waals surface area contributed by atoms with E-state index in [2.05, 4.69) is 5.32 Å². The van der Waals surface area contributed by atoms with Crippen LogP contribution in [-0.4, -0.2) is 51.4 Å². The zero-order chi connectivity index (χ0) is 16.0. The van der Waals surface area contributed by atoms with Crippen molar-refractivity contribution in [3.63, 3.8) is 0 Å². The fraction of sp³-hybridized carbons (Fsp3) is 0.333. The number of carboxylic acid groups (broad SMARTS) is 1. The summed E-state index contributed by atoms with van der Waals surface area (Å²) in [5, 5.41) is 11.0. The van der Waals surface area contributed by atoms with Crippen LogP contribution in [0.2, 0.25) is 5.02 Å². The third-order valence-electron chi connectivity index (χ3n) is 2.48. The van der Waals surface area contributed by atoms with Gasteiger partial charge in [0.1, 0.15) is 5.75 Å². The lowest BCUT2D eigenvalue weighted by molar-refractivity contribution is -0.118. The fourth-order valence-corrected chi connectivity index (χ4v) is 2.97. The number of carboxylic acids is 1. The van der Waals surface area contributed by atoms with Crippen LogP contribution in [0.3, 0.4) is 0 Å². The molecule has 0 bridgehead atoms. The molecule has 1 amide bonds. The van der Waals surface area contributed by atoms with Gasteiger partial charge in [0, 0.05) is 13.7 Å². The summed E-state index contributed by atoms with van der Waals surface area (Å²) in [4.78, 5) is 22.1. The van der Waals surface area contributed by atoms with Gasteiger partial charge in [0.2, 0.25) is 5.91 Å². The smallest absolute Gasteiger partial charge is 0.337 e. The topological polar surface area (TPSA) is 110 Å². The Bertz CT molecular complexity index is 643. The molecule has 0 aromatic heterocycles. The molecule has 0 saturated carbocycles. The van der Waals surface area contributed by atoms with Crippen molar-refractivity contribution in [3.05, 3.63) is 28.8 Å². The summed E-state index contributed by atoms with van der Waals surface area (Å²) in [7, 11) is -2.44. The number of amides is 1. The van der Waals surface area contributed by atoms with Gasteiger partial charge >= 0.3 is 5.97 Å². The van der Waals surface area contributed by atoms with Crippen molar-refractivity contribution in [3.8, 4) is 0 Å². The maximum atomic E-state index is 12.0. The van der Waals surface area contributed by atoms with Gasteiger partial charge in [-0.2, -0.15) is 0 Å². The number of ether oxygens (including phenoxy) is 1. The number of methoxy groups -OCH3 is 1. The fourth-order valence-electron chi connectivity index (χ4n) is 1.46. The van der Waals surface area contributed by atoms with E-state index < -0.39 is 27.5 Å². The molecule has 0 radical (unpaired) electrons. The Kier molecular flexibility index (Phi) is 6.13. The molecule has 21 heavy (non-hydrogen) atoms. The Labute approximate surface area is 126 Å². The van der Waals surface area contributed by atoms with Crippen LogP contribution in [0.5, 0.6) is 0 Å². The molecule has 0 fully saturated rings. The predicted molar refractivity (Wildman–Crippen MR) is 75.3 cm³/mol. The average molecular weight is 336 g/mol. The van der Waals surface area contributed by atoms with Crippen molar-refractivity contribution in [2.45, 2.75) is 4.90 Å². The van der Waals surface area contributed by atoms with Crippen LogP contribution < -0.4 is 5.32 Å². The summed E-state index contributed by atoms with van der Waals surface area (Å²) >= 11 is 5.71. The van der Waals surface area contributed by atoms with Crippen molar-refractivity contribution in [2.24, 2.45) is 0 Å². The molecule has 0 aliphatic heterocycles. The first-order valence-electron chi connectivity index (χ1n) is 5.79. The molecule has 0 aliphatic rings. The average Bonchev–Trinajstić information content (AvgIpc) is 2.37. The molecule has 2 N–H and O–H groups in total. The SMILES string of the molecule is COCCNC(=O)CS(=O)(=O)c1ccc(C(=O)O)c(Cl)c1. The molecule has 0 spiro atoms. The van der Waals surface area contributed by atoms with Gasteiger partial charge in [0.25, 0.3) is 0 Å². The highest BCUT2D eigenvalue weighted by Crippen LogP contribution is 2.21. The van der Waals surface area contributed by atoms with E-state index in [0.29, 0.717) is 0 Å². The number of aromatic carboxylic acids is 1. The van der Waals surface area contributed by atoms with Crippen molar-refractivity contribution in [1.29, 1.82) is 0 Å². The number of hydrogen-bond donors (Lipinski definition) is 2. The first-order chi connectivity index (χ1) is 9.77. The highest BCUT2D eigenvalue weighted by molar-refractivity contribution is 7.92. The van der Waals surface area contributed by atoms with Crippen molar-refractivity contribution >= 4 is 33.3 Å². The first kappa shape index (κ1) is 17.4. The van der Waals surface area contributed by atoms with E-state index in [1.165, 1.54) is 7.11 Å². The minimum Gasteiger partial charge on any atom is -0.478 e. The second kappa shape index (κ2) is 7.39. The van der Waals surface area contributed by atoms with Crippen LogP contribution in [0.15, 0.2) is 23.1 Å². The van der Waals surface area contributed by atoms with Gasteiger partial charge in [0.15, 0.2) is 9.84 Å². The van der Waals surface area contributed by atoms with Gasteiger partial charge in [-0.15, -0.1) is 0 Å². The van der Waals surface area contributed by atoms with E-state index in [9.17, 15) is 18.0 Å². The number of benzene rings is 1. The lowest BCUT2D eigenvalue weighted by Gasteiger charge is -2.07. The minimum absolute atomic E-state index is 0.198. The molecule has 7 nitrogen and oxygen atoms in total. The molecule has 0 atom stereocenters. The maximum Gasteiger partial charge on any atom is 0.337 e. The predicted octanol–water partition coefficient (Wildman–Crippen LogP) is 0.575. The van der Waals surface area contributed by atoms with E-state index in [0.717, 1.165) is 18.2 Å². The van der Waals surface area contributed by atoms with Crippen LogP contribution >= 0.6 is 11.6 Å². The van der Waals surface area contributed by atoms with Gasteiger partial charge in [-0.25, -0.2) is 13.2 Å². The first-order valence-corrected chi connectivity index (χ1v) is 7.82. The maximum absolute atomic E-state index is 12.0.